The van der Waals surface area contributed by atoms with Crippen molar-refractivity contribution in [3.63, 3.8) is 0 Å². The van der Waals surface area contributed by atoms with E-state index in [-0.39, 0.29) is 5.69 Å². The zero-order chi connectivity index (χ0) is 19.1. The molecule has 0 bridgehead atoms. The van der Waals surface area contributed by atoms with Gasteiger partial charge in [0.1, 0.15) is 5.69 Å². The lowest BCUT2D eigenvalue weighted by Crippen LogP contribution is -2.23. The van der Waals surface area contributed by atoms with E-state index in [9.17, 15) is 10.1 Å². The number of nitriles is 1. The number of non-ortho nitro benzene ring substituents is 1. The molecule has 0 saturated heterocycles. The molecule has 9 heteroatoms. The lowest BCUT2D eigenvalue weighted by Gasteiger charge is -2.21. The maximum Gasteiger partial charge on any atom is 0.271 e. The molecular formula is C17H15Br2N5O2. The van der Waals surface area contributed by atoms with Crippen LogP contribution in [0.3, 0.4) is 0 Å². The number of rotatable bonds is 7. The largest absolute Gasteiger partial charge is 0.371 e. The Labute approximate surface area is 167 Å². The predicted octanol–water partition coefficient (Wildman–Crippen LogP) is 6.28. The molecule has 0 aromatic heterocycles. The van der Waals surface area contributed by atoms with Crippen molar-refractivity contribution in [3.05, 3.63) is 55.5 Å². The highest BCUT2D eigenvalue weighted by Gasteiger charge is 2.13. The number of nitro benzene ring substituents is 1. The number of hydrogen-bond donors (Lipinski definition) is 0. The smallest absolute Gasteiger partial charge is 0.271 e. The number of hydrogen-bond acceptors (Lipinski definition) is 6. The van der Waals surface area contributed by atoms with Crippen LogP contribution in [0.25, 0.3) is 0 Å². The van der Waals surface area contributed by atoms with Crippen LogP contribution in [-0.4, -0.2) is 18.0 Å². The molecule has 0 spiro atoms. The molecule has 0 N–H and O–H groups in total. The fraction of sp³-hybridized carbons (Fsp3) is 0.235. The Morgan fingerprint density at radius 1 is 1.19 bits per heavy atom. The first kappa shape index (κ1) is 20.0. The number of nitro groups is 1. The van der Waals surface area contributed by atoms with Crippen LogP contribution in [-0.2, 0) is 0 Å². The van der Waals surface area contributed by atoms with Gasteiger partial charge < -0.3 is 4.90 Å². The van der Waals surface area contributed by atoms with Crippen molar-refractivity contribution in [1.29, 1.82) is 5.26 Å². The minimum atomic E-state index is -0.471. The fourth-order valence-electron chi connectivity index (χ4n) is 2.25. The van der Waals surface area contributed by atoms with Crippen LogP contribution in [0.2, 0.25) is 0 Å². The van der Waals surface area contributed by atoms with E-state index >= 15 is 0 Å². The van der Waals surface area contributed by atoms with Gasteiger partial charge in [0, 0.05) is 30.9 Å². The highest BCUT2D eigenvalue weighted by Crippen LogP contribution is 2.38. The van der Waals surface area contributed by atoms with Gasteiger partial charge in [0.2, 0.25) is 0 Å². The van der Waals surface area contributed by atoms with Crippen LogP contribution >= 0.6 is 31.9 Å². The van der Waals surface area contributed by atoms with Crippen molar-refractivity contribution in [3.8, 4) is 6.07 Å². The summed E-state index contributed by atoms with van der Waals surface area (Å²) in [6.45, 7) is 3.52. The molecule has 0 aliphatic heterocycles. The highest BCUT2D eigenvalue weighted by molar-refractivity contribution is 9.11. The van der Waals surface area contributed by atoms with E-state index in [1.54, 1.807) is 0 Å². The van der Waals surface area contributed by atoms with Crippen molar-refractivity contribution in [2.45, 2.75) is 13.3 Å². The normalized spacial score (nSPS) is 10.7. The Kier molecular flexibility index (Phi) is 7.24. The Hall–Kier alpha value is -2.31. The van der Waals surface area contributed by atoms with Gasteiger partial charge in [-0.1, -0.05) is 0 Å². The van der Waals surface area contributed by atoms with Crippen molar-refractivity contribution in [1.82, 2.24) is 0 Å². The van der Waals surface area contributed by atoms with E-state index in [0.29, 0.717) is 33.3 Å². The molecule has 0 heterocycles. The van der Waals surface area contributed by atoms with E-state index in [2.05, 4.69) is 53.1 Å². The van der Waals surface area contributed by atoms with Gasteiger partial charge >= 0.3 is 0 Å². The average molecular weight is 481 g/mol. The first-order valence-corrected chi connectivity index (χ1v) is 9.32. The lowest BCUT2D eigenvalue weighted by molar-refractivity contribution is -0.385. The summed E-state index contributed by atoms with van der Waals surface area (Å²) >= 11 is 6.57. The van der Waals surface area contributed by atoms with Crippen LogP contribution in [0.4, 0.5) is 22.7 Å². The summed E-state index contributed by atoms with van der Waals surface area (Å²) in [5.41, 5.74) is 2.11. The zero-order valence-electron chi connectivity index (χ0n) is 13.9. The molecule has 0 unspecified atom stereocenters. The molecule has 7 nitrogen and oxygen atoms in total. The number of benzene rings is 2. The second kappa shape index (κ2) is 9.40. The minimum Gasteiger partial charge on any atom is -0.371 e. The Balaban J connectivity index is 2.19. The second-order valence-corrected chi connectivity index (χ2v) is 6.93. The summed E-state index contributed by atoms with van der Waals surface area (Å²) in [7, 11) is 0. The van der Waals surface area contributed by atoms with E-state index in [1.165, 1.54) is 12.1 Å². The maximum atomic E-state index is 10.9. The van der Waals surface area contributed by atoms with Crippen LogP contribution in [0.5, 0.6) is 0 Å². The molecule has 0 amide bonds. The first-order valence-electron chi connectivity index (χ1n) is 7.73. The molecule has 26 heavy (non-hydrogen) atoms. The van der Waals surface area contributed by atoms with E-state index in [1.807, 2.05) is 31.2 Å². The number of halogens is 2. The third-order valence-corrected chi connectivity index (χ3v) is 4.78. The predicted molar refractivity (Wildman–Crippen MR) is 107 cm³/mol. The van der Waals surface area contributed by atoms with E-state index in [0.717, 1.165) is 12.2 Å². The third kappa shape index (κ3) is 5.09. The third-order valence-electron chi connectivity index (χ3n) is 3.57. The van der Waals surface area contributed by atoms with Gasteiger partial charge in [-0.3, -0.25) is 10.1 Å². The summed E-state index contributed by atoms with van der Waals surface area (Å²) in [6.07, 6.45) is 0.470. The molecule has 134 valence electrons. The van der Waals surface area contributed by atoms with Gasteiger partial charge in [-0.05, 0) is 63.0 Å². The van der Waals surface area contributed by atoms with Crippen LogP contribution < -0.4 is 4.90 Å². The molecule has 0 saturated carbocycles. The lowest BCUT2D eigenvalue weighted by atomic mass is 10.2. The Morgan fingerprint density at radius 3 is 2.31 bits per heavy atom. The van der Waals surface area contributed by atoms with Gasteiger partial charge in [-0.2, -0.15) is 10.4 Å². The van der Waals surface area contributed by atoms with Crippen LogP contribution in [0.15, 0.2) is 55.6 Å². The van der Waals surface area contributed by atoms with Crippen molar-refractivity contribution < 1.29 is 4.92 Å². The summed E-state index contributed by atoms with van der Waals surface area (Å²) in [4.78, 5) is 12.5. The molecule has 2 aromatic rings. The summed E-state index contributed by atoms with van der Waals surface area (Å²) < 4.78 is 0.959. The van der Waals surface area contributed by atoms with Gasteiger partial charge in [0.25, 0.3) is 5.69 Å². The van der Waals surface area contributed by atoms with Gasteiger partial charge in [-0.15, -0.1) is 5.11 Å². The van der Waals surface area contributed by atoms with E-state index in [4.69, 9.17) is 5.26 Å². The second-order valence-electron chi connectivity index (χ2n) is 5.22. The van der Waals surface area contributed by atoms with Crippen molar-refractivity contribution in [2.24, 2.45) is 10.2 Å². The molecule has 0 aliphatic rings. The summed E-state index contributed by atoms with van der Waals surface area (Å²) in [5.74, 6) is 0. The molecule has 0 radical (unpaired) electrons. The number of azo groups is 1. The van der Waals surface area contributed by atoms with Gasteiger partial charge in [0.15, 0.2) is 0 Å². The zero-order valence-corrected chi connectivity index (χ0v) is 17.1. The summed E-state index contributed by atoms with van der Waals surface area (Å²) in [5, 5.41) is 27.9. The molecule has 2 aromatic carbocycles. The minimum absolute atomic E-state index is 0.0379. The first-order chi connectivity index (χ1) is 12.5. The topological polar surface area (TPSA) is 94.9 Å². The maximum absolute atomic E-state index is 10.9. The highest BCUT2D eigenvalue weighted by atomic mass is 79.9. The molecule has 2 rings (SSSR count). The Bertz CT molecular complexity index is 839. The van der Waals surface area contributed by atoms with E-state index < -0.39 is 4.92 Å². The van der Waals surface area contributed by atoms with Crippen LogP contribution in [0, 0.1) is 21.4 Å². The fourth-order valence-corrected chi connectivity index (χ4v) is 3.57. The molecule has 0 atom stereocenters. The summed E-state index contributed by atoms with van der Waals surface area (Å²) in [6, 6.07) is 12.4. The monoisotopic (exact) mass is 479 g/mol. The molecular weight excluding hydrogens is 466 g/mol. The number of nitrogens with zero attached hydrogens (tertiary/aromatic N) is 5. The van der Waals surface area contributed by atoms with Gasteiger partial charge in [0.05, 0.1) is 32.0 Å². The van der Waals surface area contributed by atoms with Crippen molar-refractivity contribution in [2.75, 3.05) is 18.0 Å². The number of anilines is 1. The molecule has 0 fully saturated rings. The Morgan fingerprint density at radius 2 is 1.81 bits per heavy atom. The van der Waals surface area contributed by atoms with Crippen molar-refractivity contribution >= 4 is 54.6 Å². The van der Waals surface area contributed by atoms with Crippen LogP contribution in [0.1, 0.15) is 13.3 Å². The standard InChI is InChI=1S/C17H15Br2N5O2/c1-2-23(9-3-8-20)13-6-4-12(5-7-13)21-22-17-15(18)10-14(24(25)26)11-16(17)19/h4-7,10-11H,2-3,9H2,1H3. The average Bonchev–Trinajstić information content (AvgIpc) is 2.62. The SMILES string of the molecule is CCN(CCC#N)c1ccc(N=Nc2c(Br)cc([N+](=O)[O-])cc2Br)cc1. The quantitative estimate of drug-likeness (QED) is 0.265. The molecule has 0 aliphatic carbocycles. The van der Waals surface area contributed by atoms with Gasteiger partial charge in [-0.25, -0.2) is 0 Å².